The summed E-state index contributed by atoms with van der Waals surface area (Å²) < 4.78 is 37.7. The molecule has 1 aromatic heterocycles. The third-order valence-corrected chi connectivity index (χ3v) is 4.05. The predicted octanol–water partition coefficient (Wildman–Crippen LogP) is 1.98. The first-order chi connectivity index (χ1) is 11.2. The summed E-state index contributed by atoms with van der Waals surface area (Å²) in [7, 11) is 0. The molecule has 1 aromatic rings. The molecule has 134 valence electrons. The molecular formula is C15H21F3N4O2. The van der Waals surface area contributed by atoms with Gasteiger partial charge in [0.25, 0.3) is 5.91 Å². The Labute approximate surface area is 138 Å². The van der Waals surface area contributed by atoms with Crippen molar-refractivity contribution in [1.29, 1.82) is 0 Å². The van der Waals surface area contributed by atoms with Crippen molar-refractivity contribution in [2.45, 2.75) is 32.9 Å². The molecule has 1 fully saturated rings. The first-order valence-electron chi connectivity index (χ1n) is 7.87. The Morgan fingerprint density at radius 1 is 1.46 bits per heavy atom. The number of hydrogen-bond donors (Lipinski definition) is 1. The number of imidazole rings is 1. The molecule has 1 N–H and O–H groups in total. The number of aromatic nitrogens is 2. The number of likely N-dealkylation sites (tertiary alicyclic amines) is 1. The van der Waals surface area contributed by atoms with Crippen LogP contribution in [-0.4, -0.2) is 63.9 Å². The molecule has 6 nitrogen and oxygen atoms in total. The monoisotopic (exact) mass is 346 g/mol. The third kappa shape index (κ3) is 4.48. The molecule has 2 rings (SSSR count). The number of hydrogen-bond acceptors (Lipinski definition) is 3. The molecule has 1 saturated heterocycles. The molecule has 9 heteroatoms. The van der Waals surface area contributed by atoms with Crippen LogP contribution in [0.4, 0.5) is 13.2 Å². The highest BCUT2D eigenvalue weighted by Crippen LogP contribution is 2.23. The Bertz CT molecular complexity index is 600. The topological polar surface area (TPSA) is 69.3 Å². The molecule has 0 bridgehead atoms. The lowest BCUT2D eigenvalue weighted by atomic mass is 9.96. The van der Waals surface area contributed by atoms with Gasteiger partial charge in [-0.2, -0.15) is 13.2 Å². The van der Waals surface area contributed by atoms with Crippen molar-refractivity contribution in [1.82, 2.24) is 19.8 Å². The molecule has 1 aliphatic rings. The van der Waals surface area contributed by atoms with Crippen LogP contribution in [0.5, 0.6) is 0 Å². The summed E-state index contributed by atoms with van der Waals surface area (Å²) in [5.74, 6) is -0.834. The van der Waals surface area contributed by atoms with Crippen molar-refractivity contribution >= 4 is 11.8 Å². The largest absolute Gasteiger partial charge is 0.406 e. The van der Waals surface area contributed by atoms with E-state index in [1.807, 2.05) is 0 Å². The summed E-state index contributed by atoms with van der Waals surface area (Å²) in [5.41, 5.74) is 0.322. The predicted molar refractivity (Wildman–Crippen MR) is 80.3 cm³/mol. The molecule has 0 spiro atoms. The summed E-state index contributed by atoms with van der Waals surface area (Å²) >= 11 is 0. The highest BCUT2D eigenvalue weighted by molar-refractivity contribution is 5.92. The minimum atomic E-state index is -4.43. The van der Waals surface area contributed by atoms with Gasteiger partial charge in [-0.3, -0.25) is 9.59 Å². The molecule has 1 unspecified atom stereocenters. The van der Waals surface area contributed by atoms with E-state index in [0.717, 1.165) is 4.90 Å². The fourth-order valence-electron chi connectivity index (χ4n) is 2.88. The Morgan fingerprint density at radius 3 is 2.71 bits per heavy atom. The average molecular weight is 346 g/mol. The standard InChI is InChI=1S/C15H21F3N4O2/c1-3-21(9-15(16,17)18)13(23)11-5-4-6-22(8-11)14(24)12-7-19-10(2)20-12/h7,11H,3-6,8-9H2,1-2H3,(H,19,20). The van der Waals surface area contributed by atoms with E-state index < -0.39 is 24.5 Å². The normalized spacial score (nSPS) is 18.5. The van der Waals surface area contributed by atoms with Crippen LogP contribution in [-0.2, 0) is 4.79 Å². The smallest absolute Gasteiger partial charge is 0.338 e. The van der Waals surface area contributed by atoms with Crippen LogP contribution in [0.3, 0.4) is 0 Å². The fraction of sp³-hybridized carbons (Fsp3) is 0.667. The quantitative estimate of drug-likeness (QED) is 0.906. The summed E-state index contributed by atoms with van der Waals surface area (Å²) in [6.45, 7) is 2.57. The van der Waals surface area contributed by atoms with Crippen molar-refractivity contribution in [3.63, 3.8) is 0 Å². The number of aromatic amines is 1. The van der Waals surface area contributed by atoms with Gasteiger partial charge in [0.05, 0.1) is 12.1 Å². The Hall–Kier alpha value is -2.06. The van der Waals surface area contributed by atoms with Crippen molar-refractivity contribution in [2.75, 3.05) is 26.2 Å². The SMILES string of the molecule is CCN(CC(F)(F)F)C(=O)C1CCCN(C(=O)c2cnc(C)[nH]2)C1. The highest BCUT2D eigenvalue weighted by atomic mass is 19.4. The maximum absolute atomic E-state index is 12.6. The third-order valence-electron chi connectivity index (χ3n) is 4.05. The number of nitrogens with one attached hydrogen (secondary N) is 1. The first-order valence-corrected chi connectivity index (χ1v) is 7.87. The highest BCUT2D eigenvalue weighted by Gasteiger charge is 2.36. The molecule has 0 radical (unpaired) electrons. The van der Waals surface area contributed by atoms with Crippen molar-refractivity contribution < 1.29 is 22.8 Å². The van der Waals surface area contributed by atoms with Gasteiger partial charge in [0.1, 0.15) is 18.1 Å². The molecule has 0 aromatic carbocycles. The average Bonchev–Trinajstić information content (AvgIpc) is 2.97. The van der Waals surface area contributed by atoms with Gasteiger partial charge in [0, 0.05) is 19.6 Å². The number of rotatable bonds is 4. The van der Waals surface area contributed by atoms with Crippen molar-refractivity contribution in [3.05, 3.63) is 17.7 Å². The van der Waals surface area contributed by atoms with Gasteiger partial charge in [-0.05, 0) is 26.7 Å². The van der Waals surface area contributed by atoms with Gasteiger partial charge >= 0.3 is 6.18 Å². The number of alkyl halides is 3. The van der Waals surface area contributed by atoms with E-state index in [0.29, 0.717) is 30.9 Å². The van der Waals surface area contributed by atoms with E-state index in [1.54, 1.807) is 6.92 Å². The second kappa shape index (κ2) is 7.23. The van der Waals surface area contributed by atoms with Crippen LogP contribution in [0.15, 0.2) is 6.20 Å². The van der Waals surface area contributed by atoms with Crippen molar-refractivity contribution in [2.24, 2.45) is 5.92 Å². The second-order valence-electron chi connectivity index (χ2n) is 5.94. The molecule has 2 heterocycles. The molecule has 2 amide bonds. The van der Waals surface area contributed by atoms with E-state index in [2.05, 4.69) is 9.97 Å². The first kappa shape index (κ1) is 18.3. The molecule has 0 saturated carbocycles. The fourth-order valence-corrected chi connectivity index (χ4v) is 2.88. The number of aryl methyl sites for hydroxylation is 1. The van der Waals surface area contributed by atoms with Crippen LogP contribution >= 0.6 is 0 Å². The van der Waals surface area contributed by atoms with Gasteiger partial charge in [-0.1, -0.05) is 0 Å². The van der Waals surface area contributed by atoms with E-state index in [9.17, 15) is 22.8 Å². The van der Waals surface area contributed by atoms with Crippen molar-refractivity contribution in [3.8, 4) is 0 Å². The van der Waals surface area contributed by atoms with Crippen LogP contribution in [0, 0.1) is 12.8 Å². The van der Waals surface area contributed by atoms with Gasteiger partial charge in [0.2, 0.25) is 5.91 Å². The second-order valence-corrected chi connectivity index (χ2v) is 5.94. The Morgan fingerprint density at radius 2 is 2.17 bits per heavy atom. The lowest BCUT2D eigenvalue weighted by Crippen LogP contribution is -2.48. The van der Waals surface area contributed by atoms with Gasteiger partial charge in [-0.15, -0.1) is 0 Å². The Kier molecular flexibility index (Phi) is 5.51. The number of piperidine rings is 1. The minimum Gasteiger partial charge on any atom is -0.338 e. The minimum absolute atomic E-state index is 0.0114. The maximum atomic E-state index is 12.6. The summed E-state index contributed by atoms with van der Waals surface area (Å²) in [4.78, 5) is 33.9. The van der Waals surface area contributed by atoms with E-state index >= 15 is 0 Å². The number of carbonyl (C=O) groups excluding carboxylic acids is 2. The number of halogens is 3. The van der Waals surface area contributed by atoms with E-state index in [4.69, 9.17) is 0 Å². The summed E-state index contributed by atoms with van der Waals surface area (Å²) in [5, 5.41) is 0. The maximum Gasteiger partial charge on any atom is 0.406 e. The van der Waals surface area contributed by atoms with Crippen LogP contribution in [0.1, 0.15) is 36.1 Å². The van der Waals surface area contributed by atoms with Crippen LogP contribution in [0.25, 0.3) is 0 Å². The van der Waals surface area contributed by atoms with Crippen LogP contribution < -0.4 is 0 Å². The zero-order valence-electron chi connectivity index (χ0n) is 13.7. The number of nitrogens with zero attached hydrogens (tertiary/aromatic N) is 3. The van der Waals surface area contributed by atoms with Crippen LogP contribution in [0.2, 0.25) is 0 Å². The molecule has 1 atom stereocenters. The van der Waals surface area contributed by atoms with Gasteiger partial charge in [0.15, 0.2) is 0 Å². The number of carbonyl (C=O) groups is 2. The number of amides is 2. The molecule has 1 aliphatic heterocycles. The van der Waals surface area contributed by atoms with E-state index in [1.165, 1.54) is 18.0 Å². The molecule has 24 heavy (non-hydrogen) atoms. The lowest BCUT2D eigenvalue weighted by molar-refractivity contribution is -0.164. The zero-order chi connectivity index (χ0) is 17.9. The zero-order valence-corrected chi connectivity index (χ0v) is 13.7. The lowest BCUT2D eigenvalue weighted by Gasteiger charge is -2.34. The summed E-state index contributed by atoms with van der Waals surface area (Å²) in [6, 6.07) is 0. The van der Waals surface area contributed by atoms with Gasteiger partial charge < -0.3 is 14.8 Å². The number of H-pyrrole nitrogens is 1. The van der Waals surface area contributed by atoms with Gasteiger partial charge in [-0.25, -0.2) is 4.98 Å². The molecule has 0 aliphatic carbocycles. The van der Waals surface area contributed by atoms with E-state index in [-0.39, 0.29) is 19.0 Å². The summed E-state index contributed by atoms with van der Waals surface area (Å²) in [6.07, 6.45) is -1.94. The Balaban J connectivity index is 2.04. The molecular weight excluding hydrogens is 325 g/mol.